The largest absolute Gasteiger partial charge is 0.480 e. The summed E-state index contributed by atoms with van der Waals surface area (Å²) in [5.41, 5.74) is 5.94. The fourth-order valence-electron chi connectivity index (χ4n) is 2.72. The number of aliphatic hydroxyl groups is 1. The van der Waals surface area contributed by atoms with Gasteiger partial charge in [0.1, 0.15) is 18.1 Å². The maximum atomic E-state index is 12.7. The molecule has 0 aliphatic carbocycles. The molecule has 0 heterocycles. The van der Waals surface area contributed by atoms with E-state index in [1.54, 1.807) is 0 Å². The second-order valence-corrected chi connectivity index (χ2v) is 9.01. The number of nitrogens with two attached hydrogens (primary N) is 1. The molecule has 0 aromatic rings. The maximum absolute atomic E-state index is 12.7. The SMILES string of the molecule is CCC(C)C(N)C(=O)NC(CCSC)C(=O)NC(CO)C(=O)NC(CC(C)C)C(=O)O. The molecule has 7 N–H and O–H groups in total. The lowest BCUT2D eigenvalue weighted by molar-refractivity contribution is -0.143. The van der Waals surface area contributed by atoms with Crippen molar-refractivity contribution in [3.63, 3.8) is 0 Å². The second kappa shape index (κ2) is 15.0. The predicted molar refractivity (Wildman–Crippen MR) is 120 cm³/mol. The molecule has 31 heavy (non-hydrogen) atoms. The van der Waals surface area contributed by atoms with Crippen LogP contribution in [0.25, 0.3) is 0 Å². The fraction of sp³-hybridized carbons (Fsp3) is 0.800. The molecule has 0 aromatic heterocycles. The first-order valence-corrected chi connectivity index (χ1v) is 11.9. The lowest BCUT2D eigenvalue weighted by Gasteiger charge is -2.25. The van der Waals surface area contributed by atoms with E-state index in [0.717, 1.165) is 0 Å². The number of carboxylic acid groups (broad SMARTS) is 1. The van der Waals surface area contributed by atoms with Gasteiger partial charge >= 0.3 is 5.97 Å². The van der Waals surface area contributed by atoms with E-state index in [0.29, 0.717) is 18.6 Å². The van der Waals surface area contributed by atoms with Gasteiger partial charge in [-0.05, 0) is 36.7 Å². The van der Waals surface area contributed by atoms with E-state index in [2.05, 4.69) is 16.0 Å². The van der Waals surface area contributed by atoms with Crippen molar-refractivity contribution >= 4 is 35.5 Å². The third kappa shape index (κ3) is 10.8. The van der Waals surface area contributed by atoms with Crippen LogP contribution in [0, 0.1) is 11.8 Å². The van der Waals surface area contributed by atoms with Crippen molar-refractivity contribution < 1.29 is 29.4 Å². The van der Waals surface area contributed by atoms with Crippen LogP contribution in [0.5, 0.6) is 0 Å². The number of hydrogen-bond donors (Lipinski definition) is 6. The molecule has 0 saturated heterocycles. The summed E-state index contributed by atoms with van der Waals surface area (Å²) in [6.07, 6.45) is 3.06. The van der Waals surface area contributed by atoms with E-state index in [-0.39, 0.29) is 18.3 Å². The van der Waals surface area contributed by atoms with Gasteiger partial charge in [0, 0.05) is 0 Å². The quantitative estimate of drug-likeness (QED) is 0.192. The van der Waals surface area contributed by atoms with Crippen molar-refractivity contribution in [3.05, 3.63) is 0 Å². The minimum atomic E-state index is -1.35. The van der Waals surface area contributed by atoms with Crippen LogP contribution in [0.4, 0.5) is 0 Å². The molecule has 0 aromatic carbocycles. The standard InChI is InChI=1S/C20H38N4O6S/c1-6-12(4)16(21)19(28)22-13(7-8-31-5)17(26)24-15(10-25)18(27)23-14(20(29)30)9-11(2)3/h11-16,25H,6-10,21H2,1-5H3,(H,22,28)(H,23,27)(H,24,26)(H,29,30). The Kier molecular flexibility index (Phi) is 14.1. The van der Waals surface area contributed by atoms with Gasteiger partial charge in [-0.15, -0.1) is 0 Å². The molecular formula is C20H38N4O6S. The number of carboxylic acids is 1. The first-order chi connectivity index (χ1) is 14.5. The summed E-state index contributed by atoms with van der Waals surface area (Å²) in [6.45, 7) is 6.65. The highest BCUT2D eigenvalue weighted by Crippen LogP contribution is 2.08. The molecule has 10 nitrogen and oxygen atoms in total. The highest BCUT2D eigenvalue weighted by Gasteiger charge is 2.30. The smallest absolute Gasteiger partial charge is 0.326 e. The molecule has 0 bridgehead atoms. The Morgan fingerprint density at radius 2 is 1.45 bits per heavy atom. The molecule has 3 amide bonds. The molecule has 0 radical (unpaired) electrons. The van der Waals surface area contributed by atoms with Gasteiger partial charge in [0.25, 0.3) is 0 Å². The molecule has 5 unspecified atom stereocenters. The van der Waals surface area contributed by atoms with E-state index >= 15 is 0 Å². The number of carbonyl (C=O) groups is 4. The van der Waals surface area contributed by atoms with Crippen molar-refractivity contribution in [2.45, 2.75) is 71.1 Å². The molecule has 0 spiro atoms. The molecule has 5 atom stereocenters. The summed E-state index contributed by atoms with van der Waals surface area (Å²) < 4.78 is 0. The molecule has 0 aliphatic heterocycles. The van der Waals surface area contributed by atoms with Crippen molar-refractivity contribution in [1.82, 2.24) is 16.0 Å². The van der Waals surface area contributed by atoms with E-state index in [9.17, 15) is 29.4 Å². The van der Waals surface area contributed by atoms with Gasteiger partial charge < -0.3 is 31.9 Å². The zero-order valence-electron chi connectivity index (χ0n) is 19.0. The monoisotopic (exact) mass is 462 g/mol. The van der Waals surface area contributed by atoms with Gasteiger partial charge in [0.2, 0.25) is 17.7 Å². The zero-order valence-corrected chi connectivity index (χ0v) is 19.8. The third-order valence-corrected chi connectivity index (χ3v) is 5.58. The molecule has 11 heteroatoms. The number of aliphatic hydroxyl groups excluding tert-OH is 1. The average Bonchev–Trinajstić information content (AvgIpc) is 2.72. The van der Waals surface area contributed by atoms with Gasteiger partial charge in [-0.3, -0.25) is 14.4 Å². The van der Waals surface area contributed by atoms with Crippen LogP contribution in [0.1, 0.15) is 47.0 Å². The Labute approximate surface area is 188 Å². The second-order valence-electron chi connectivity index (χ2n) is 8.03. The van der Waals surface area contributed by atoms with Crippen LogP contribution < -0.4 is 21.7 Å². The highest BCUT2D eigenvalue weighted by atomic mass is 32.2. The fourth-order valence-corrected chi connectivity index (χ4v) is 3.19. The number of rotatable bonds is 15. The van der Waals surface area contributed by atoms with E-state index in [1.807, 2.05) is 34.0 Å². The van der Waals surface area contributed by atoms with Crippen molar-refractivity contribution in [2.24, 2.45) is 17.6 Å². The lowest BCUT2D eigenvalue weighted by atomic mass is 9.99. The number of carbonyl (C=O) groups excluding carboxylic acids is 3. The molecule has 0 rings (SSSR count). The summed E-state index contributed by atoms with van der Waals surface area (Å²) in [5.74, 6) is -2.61. The van der Waals surface area contributed by atoms with Crippen molar-refractivity contribution in [2.75, 3.05) is 18.6 Å². The number of nitrogens with one attached hydrogen (secondary N) is 3. The minimum Gasteiger partial charge on any atom is -0.480 e. The van der Waals surface area contributed by atoms with Crippen LogP contribution in [0.15, 0.2) is 0 Å². The van der Waals surface area contributed by atoms with Gasteiger partial charge in [0.15, 0.2) is 0 Å². The van der Waals surface area contributed by atoms with Crippen LogP contribution in [-0.4, -0.2) is 76.7 Å². The first kappa shape index (κ1) is 29.1. The van der Waals surface area contributed by atoms with Crippen molar-refractivity contribution in [3.8, 4) is 0 Å². The average molecular weight is 463 g/mol. The summed E-state index contributed by atoms with van der Waals surface area (Å²) in [7, 11) is 0. The van der Waals surface area contributed by atoms with Crippen LogP contribution in [0.3, 0.4) is 0 Å². The zero-order chi connectivity index (χ0) is 24.1. The van der Waals surface area contributed by atoms with Gasteiger partial charge in [-0.2, -0.15) is 11.8 Å². The summed E-state index contributed by atoms with van der Waals surface area (Å²) in [5, 5.41) is 26.2. The Morgan fingerprint density at radius 3 is 1.90 bits per heavy atom. The third-order valence-electron chi connectivity index (χ3n) is 4.94. The Hall–Kier alpha value is -1.85. The molecule has 0 aliphatic rings. The Bertz CT molecular complexity index is 604. The van der Waals surface area contributed by atoms with Gasteiger partial charge in [-0.1, -0.05) is 34.1 Å². The topological polar surface area (TPSA) is 171 Å². The minimum absolute atomic E-state index is 0.0180. The molecule has 0 fully saturated rings. The number of amides is 3. The van der Waals surface area contributed by atoms with E-state index in [4.69, 9.17) is 5.73 Å². The summed E-state index contributed by atoms with van der Waals surface area (Å²) >= 11 is 1.49. The Morgan fingerprint density at radius 1 is 0.935 bits per heavy atom. The van der Waals surface area contributed by atoms with Gasteiger partial charge in [-0.25, -0.2) is 4.79 Å². The normalized spacial score (nSPS) is 16.0. The Balaban J connectivity index is 5.22. The summed E-state index contributed by atoms with van der Waals surface area (Å²) in [6, 6.07) is -4.21. The van der Waals surface area contributed by atoms with Crippen molar-refractivity contribution in [1.29, 1.82) is 0 Å². The molecule has 0 saturated carbocycles. The van der Waals surface area contributed by atoms with Crippen LogP contribution in [-0.2, 0) is 19.2 Å². The predicted octanol–water partition coefficient (Wildman–Crippen LogP) is -0.310. The maximum Gasteiger partial charge on any atom is 0.326 e. The first-order valence-electron chi connectivity index (χ1n) is 10.5. The van der Waals surface area contributed by atoms with Crippen LogP contribution >= 0.6 is 11.8 Å². The van der Waals surface area contributed by atoms with Gasteiger partial charge in [0.05, 0.1) is 12.6 Å². The molecular weight excluding hydrogens is 424 g/mol. The van der Waals surface area contributed by atoms with E-state index < -0.39 is 54.5 Å². The number of thioether (sulfide) groups is 1. The number of aliphatic carboxylic acids is 1. The summed E-state index contributed by atoms with van der Waals surface area (Å²) in [4.78, 5) is 49.0. The van der Waals surface area contributed by atoms with E-state index in [1.165, 1.54) is 11.8 Å². The number of hydrogen-bond acceptors (Lipinski definition) is 7. The van der Waals surface area contributed by atoms with Crippen LogP contribution in [0.2, 0.25) is 0 Å². The highest BCUT2D eigenvalue weighted by molar-refractivity contribution is 7.98. The molecule has 180 valence electrons. The lowest BCUT2D eigenvalue weighted by Crippen LogP contribution is -2.58.